The lowest BCUT2D eigenvalue weighted by atomic mass is 9.86. The van der Waals surface area contributed by atoms with Crippen molar-refractivity contribution < 1.29 is 14.3 Å². The van der Waals surface area contributed by atoms with Gasteiger partial charge in [0, 0.05) is 18.7 Å². The number of hydrogen-bond acceptors (Lipinski definition) is 5. The minimum atomic E-state index is -0.131. The zero-order valence-corrected chi connectivity index (χ0v) is 16.3. The molecule has 2 aliphatic rings. The van der Waals surface area contributed by atoms with E-state index in [2.05, 4.69) is 4.98 Å². The minimum Gasteiger partial charge on any atom is -0.459 e. The molecule has 6 heteroatoms. The fraction of sp³-hybridized carbons (Fsp3) is 0.476. The molecular formula is C21H24N2O3S. The summed E-state index contributed by atoms with van der Waals surface area (Å²) < 4.78 is 5.46. The van der Waals surface area contributed by atoms with Crippen LogP contribution in [0.4, 0.5) is 10.8 Å². The first-order chi connectivity index (χ1) is 13.1. The number of anilines is 2. The molecule has 2 fully saturated rings. The summed E-state index contributed by atoms with van der Waals surface area (Å²) in [5.41, 5.74) is 1.46. The maximum Gasteiger partial charge on any atom is 0.306 e. The van der Waals surface area contributed by atoms with Gasteiger partial charge in [-0.1, -0.05) is 24.6 Å². The van der Waals surface area contributed by atoms with E-state index in [9.17, 15) is 9.59 Å². The zero-order valence-electron chi connectivity index (χ0n) is 15.5. The van der Waals surface area contributed by atoms with Crippen LogP contribution in [-0.4, -0.2) is 16.9 Å². The average Bonchev–Trinajstić information content (AvgIpc) is 3.38. The lowest BCUT2D eigenvalue weighted by Gasteiger charge is -2.20. The van der Waals surface area contributed by atoms with Crippen molar-refractivity contribution in [2.24, 2.45) is 17.8 Å². The van der Waals surface area contributed by atoms with Crippen molar-refractivity contribution in [1.82, 2.24) is 4.98 Å². The summed E-state index contributed by atoms with van der Waals surface area (Å²) in [7, 11) is 0. The van der Waals surface area contributed by atoms with Crippen molar-refractivity contribution in [2.75, 3.05) is 4.90 Å². The SMILES string of the molecule is CC(=O)N(c1ccccc1)c1nc(COC(=O)C[C@@H]2C[C@H]3CC[C@@H]2C3)cs1. The van der Waals surface area contributed by atoms with Gasteiger partial charge < -0.3 is 4.74 Å². The second-order valence-corrected chi connectivity index (χ2v) is 8.45. The number of carbonyl (C=O) groups is 2. The van der Waals surface area contributed by atoms with Gasteiger partial charge in [0.1, 0.15) is 6.61 Å². The summed E-state index contributed by atoms with van der Waals surface area (Å²) in [6.45, 7) is 1.68. The summed E-state index contributed by atoms with van der Waals surface area (Å²) in [5, 5.41) is 2.44. The Hall–Kier alpha value is -2.21. The van der Waals surface area contributed by atoms with Gasteiger partial charge in [0.15, 0.2) is 5.13 Å². The molecule has 2 aromatic rings. The summed E-state index contributed by atoms with van der Waals surface area (Å²) >= 11 is 1.38. The molecule has 0 unspecified atom stereocenters. The highest BCUT2D eigenvalue weighted by atomic mass is 32.1. The number of amides is 1. The van der Waals surface area contributed by atoms with Crippen LogP contribution in [0, 0.1) is 17.8 Å². The van der Waals surface area contributed by atoms with Crippen LogP contribution in [0.1, 0.15) is 44.7 Å². The third-order valence-electron chi connectivity index (χ3n) is 5.75. The van der Waals surface area contributed by atoms with Crippen LogP contribution in [0.2, 0.25) is 0 Å². The number of carbonyl (C=O) groups excluding carboxylic acids is 2. The fourth-order valence-corrected chi connectivity index (χ4v) is 5.39. The molecule has 3 atom stereocenters. The lowest BCUT2D eigenvalue weighted by molar-refractivity contribution is -0.146. The number of thiazole rings is 1. The molecule has 0 aliphatic heterocycles. The lowest BCUT2D eigenvalue weighted by Crippen LogP contribution is -2.22. The quantitative estimate of drug-likeness (QED) is 0.678. The van der Waals surface area contributed by atoms with E-state index in [1.54, 1.807) is 4.90 Å². The molecule has 1 heterocycles. The highest BCUT2D eigenvalue weighted by molar-refractivity contribution is 7.14. The molecular weight excluding hydrogens is 360 g/mol. The highest BCUT2D eigenvalue weighted by Gasteiger charge is 2.40. The first-order valence-corrected chi connectivity index (χ1v) is 10.4. The molecule has 27 heavy (non-hydrogen) atoms. The predicted octanol–water partition coefficient (Wildman–Crippen LogP) is 4.70. The number of fused-ring (bicyclic) bond motifs is 2. The van der Waals surface area contributed by atoms with Crippen molar-refractivity contribution in [3.63, 3.8) is 0 Å². The van der Waals surface area contributed by atoms with Crippen LogP contribution in [0.5, 0.6) is 0 Å². The number of rotatable bonds is 6. The number of benzene rings is 1. The number of esters is 1. The normalized spacial score (nSPS) is 23.4. The molecule has 1 aromatic carbocycles. The number of para-hydroxylation sites is 1. The average molecular weight is 385 g/mol. The van der Waals surface area contributed by atoms with Crippen LogP contribution >= 0.6 is 11.3 Å². The van der Waals surface area contributed by atoms with Crippen molar-refractivity contribution in [1.29, 1.82) is 0 Å². The third kappa shape index (κ3) is 4.05. The van der Waals surface area contributed by atoms with Gasteiger partial charge in [0.05, 0.1) is 11.4 Å². The monoisotopic (exact) mass is 384 g/mol. The van der Waals surface area contributed by atoms with Gasteiger partial charge in [-0.25, -0.2) is 4.98 Å². The second kappa shape index (κ2) is 7.80. The second-order valence-electron chi connectivity index (χ2n) is 7.61. The number of aromatic nitrogens is 1. The minimum absolute atomic E-state index is 0.101. The Labute approximate surface area is 163 Å². The standard InChI is InChI=1S/C21H24N2O3S/c1-14(24)23(19-5-3-2-4-6-19)21-22-18(13-27-21)12-26-20(25)11-17-10-15-7-8-16(17)9-15/h2-6,13,15-17H,7-12H2,1H3/t15-,16+,17-/m0/s1. The fourth-order valence-electron chi connectivity index (χ4n) is 4.52. The smallest absolute Gasteiger partial charge is 0.306 e. The van der Waals surface area contributed by atoms with Crippen LogP contribution in [0.15, 0.2) is 35.7 Å². The Morgan fingerprint density at radius 1 is 1.22 bits per heavy atom. The molecule has 0 spiro atoms. The van der Waals surface area contributed by atoms with E-state index in [0.717, 1.165) is 17.5 Å². The maximum atomic E-state index is 12.2. The molecule has 2 saturated carbocycles. The maximum absolute atomic E-state index is 12.2. The van der Waals surface area contributed by atoms with Gasteiger partial charge in [-0.3, -0.25) is 14.5 Å². The predicted molar refractivity (Wildman–Crippen MR) is 105 cm³/mol. The first kappa shape index (κ1) is 18.2. The molecule has 0 radical (unpaired) electrons. The Bertz CT molecular complexity index is 820. The van der Waals surface area contributed by atoms with Crippen molar-refractivity contribution >= 4 is 34.0 Å². The van der Waals surface area contributed by atoms with E-state index in [-0.39, 0.29) is 18.5 Å². The van der Waals surface area contributed by atoms with Crippen molar-refractivity contribution in [3.8, 4) is 0 Å². The summed E-state index contributed by atoms with van der Waals surface area (Å²) in [6.07, 6.45) is 5.63. The molecule has 1 aromatic heterocycles. The summed E-state index contributed by atoms with van der Waals surface area (Å²) in [6, 6.07) is 9.43. The Kier molecular flexibility index (Phi) is 5.25. The molecule has 4 rings (SSSR count). The topological polar surface area (TPSA) is 59.5 Å². The summed E-state index contributed by atoms with van der Waals surface area (Å²) in [5.74, 6) is 1.84. The van der Waals surface area contributed by atoms with E-state index in [1.165, 1.54) is 43.9 Å². The molecule has 5 nitrogen and oxygen atoms in total. The van der Waals surface area contributed by atoms with E-state index in [4.69, 9.17) is 4.74 Å². The molecule has 1 amide bonds. The van der Waals surface area contributed by atoms with E-state index in [0.29, 0.717) is 23.2 Å². The molecule has 0 saturated heterocycles. The molecule has 0 N–H and O–H groups in total. The van der Waals surface area contributed by atoms with Crippen LogP contribution < -0.4 is 4.90 Å². The Morgan fingerprint density at radius 2 is 2.04 bits per heavy atom. The van der Waals surface area contributed by atoms with Crippen LogP contribution in [-0.2, 0) is 20.9 Å². The first-order valence-electron chi connectivity index (χ1n) is 9.56. The zero-order chi connectivity index (χ0) is 18.8. The third-order valence-corrected chi connectivity index (χ3v) is 6.63. The van der Waals surface area contributed by atoms with E-state index >= 15 is 0 Å². The van der Waals surface area contributed by atoms with Gasteiger partial charge in [0.25, 0.3) is 0 Å². The highest BCUT2D eigenvalue weighted by Crippen LogP contribution is 2.49. The number of hydrogen-bond donors (Lipinski definition) is 0. The largest absolute Gasteiger partial charge is 0.459 e. The number of nitrogens with zero attached hydrogens (tertiary/aromatic N) is 2. The summed E-state index contributed by atoms with van der Waals surface area (Å²) in [4.78, 5) is 30.4. The molecule has 2 aliphatic carbocycles. The number of ether oxygens (including phenoxy) is 1. The van der Waals surface area contributed by atoms with E-state index < -0.39 is 0 Å². The molecule has 2 bridgehead atoms. The Morgan fingerprint density at radius 3 is 2.70 bits per heavy atom. The van der Waals surface area contributed by atoms with Gasteiger partial charge in [-0.05, 0) is 49.1 Å². The van der Waals surface area contributed by atoms with Crippen LogP contribution in [0.25, 0.3) is 0 Å². The van der Waals surface area contributed by atoms with E-state index in [1.807, 2.05) is 35.7 Å². The van der Waals surface area contributed by atoms with Gasteiger partial charge in [-0.2, -0.15) is 0 Å². The van der Waals surface area contributed by atoms with Gasteiger partial charge >= 0.3 is 5.97 Å². The van der Waals surface area contributed by atoms with Gasteiger partial charge in [-0.15, -0.1) is 11.3 Å². The van der Waals surface area contributed by atoms with Crippen LogP contribution in [0.3, 0.4) is 0 Å². The Balaban J connectivity index is 1.35. The van der Waals surface area contributed by atoms with Crippen molar-refractivity contribution in [2.45, 2.75) is 45.6 Å². The van der Waals surface area contributed by atoms with Crippen molar-refractivity contribution in [3.05, 3.63) is 41.4 Å². The van der Waals surface area contributed by atoms with Gasteiger partial charge in [0.2, 0.25) is 5.91 Å². The molecule has 142 valence electrons.